The average molecular weight is 306 g/mol. The van der Waals surface area contributed by atoms with Crippen molar-refractivity contribution in [2.45, 2.75) is 6.42 Å². The summed E-state index contributed by atoms with van der Waals surface area (Å²) in [4.78, 5) is 9.99. The Kier molecular flexibility index (Phi) is 4.54. The first-order chi connectivity index (χ1) is 9.96. The van der Waals surface area contributed by atoms with Gasteiger partial charge in [-0.15, -0.1) is 0 Å². The quantitative estimate of drug-likeness (QED) is 0.656. The molecule has 0 aliphatic heterocycles. The van der Waals surface area contributed by atoms with E-state index in [1.54, 1.807) is 0 Å². The van der Waals surface area contributed by atoms with Crippen molar-refractivity contribution in [3.8, 4) is 0 Å². The normalized spacial score (nSPS) is 11.0. The van der Waals surface area contributed by atoms with Crippen LogP contribution in [0.4, 0.5) is 11.4 Å². The van der Waals surface area contributed by atoms with Crippen molar-refractivity contribution in [2.75, 3.05) is 10.5 Å². The van der Waals surface area contributed by atoms with Gasteiger partial charge in [0.25, 0.3) is 5.69 Å². The molecule has 0 heterocycles. The number of hydrogen-bond donors (Lipinski definition) is 1. The van der Waals surface area contributed by atoms with E-state index < -0.39 is 14.9 Å². The minimum atomic E-state index is -3.49. The van der Waals surface area contributed by atoms with Gasteiger partial charge in [-0.1, -0.05) is 30.3 Å². The molecule has 0 saturated carbocycles. The van der Waals surface area contributed by atoms with Crippen LogP contribution in [0, 0.1) is 10.1 Å². The molecule has 2 rings (SSSR count). The van der Waals surface area contributed by atoms with Crippen LogP contribution in [0.25, 0.3) is 0 Å². The second-order valence-electron chi connectivity index (χ2n) is 4.46. The van der Waals surface area contributed by atoms with E-state index in [-0.39, 0.29) is 11.4 Å². The highest BCUT2D eigenvalue weighted by atomic mass is 32.2. The molecule has 1 N–H and O–H groups in total. The number of benzene rings is 2. The first-order valence-electron chi connectivity index (χ1n) is 6.25. The van der Waals surface area contributed by atoms with E-state index in [1.165, 1.54) is 24.3 Å². The van der Waals surface area contributed by atoms with Gasteiger partial charge in [-0.05, 0) is 24.1 Å². The van der Waals surface area contributed by atoms with Gasteiger partial charge in [0.2, 0.25) is 10.0 Å². The average Bonchev–Trinajstić information content (AvgIpc) is 2.46. The molecule has 0 aliphatic rings. The Morgan fingerprint density at radius 1 is 1.00 bits per heavy atom. The van der Waals surface area contributed by atoms with Crippen molar-refractivity contribution >= 4 is 21.4 Å². The third kappa shape index (κ3) is 4.57. The Bertz CT molecular complexity index is 712. The summed E-state index contributed by atoms with van der Waals surface area (Å²) in [7, 11) is -3.49. The Balaban J connectivity index is 1.99. The van der Waals surface area contributed by atoms with E-state index >= 15 is 0 Å². The lowest BCUT2D eigenvalue weighted by Gasteiger charge is -2.07. The molecule has 0 spiro atoms. The van der Waals surface area contributed by atoms with Crippen LogP contribution in [0.5, 0.6) is 0 Å². The SMILES string of the molecule is O=[N+]([O-])c1ccc(NS(=O)(=O)CCc2ccccc2)cc1. The molecule has 0 amide bonds. The first kappa shape index (κ1) is 15.0. The number of nitro groups is 1. The summed E-state index contributed by atoms with van der Waals surface area (Å²) in [6.07, 6.45) is 0.406. The lowest BCUT2D eigenvalue weighted by molar-refractivity contribution is -0.384. The molecule has 2 aromatic rings. The Labute approximate surface area is 122 Å². The molecule has 0 radical (unpaired) electrons. The summed E-state index contributed by atoms with van der Waals surface area (Å²) >= 11 is 0. The zero-order valence-corrected chi connectivity index (χ0v) is 11.9. The largest absolute Gasteiger partial charge is 0.284 e. The highest BCUT2D eigenvalue weighted by Gasteiger charge is 2.12. The van der Waals surface area contributed by atoms with Crippen LogP contribution in [0.1, 0.15) is 5.56 Å². The van der Waals surface area contributed by atoms with Crippen LogP contribution < -0.4 is 4.72 Å². The summed E-state index contributed by atoms with van der Waals surface area (Å²) in [5, 5.41) is 10.5. The summed E-state index contributed by atoms with van der Waals surface area (Å²) in [5.74, 6) is -0.0476. The molecule has 0 bridgehead atoms. The van der Waals surface area contributed by atoms with Crippen LogP contribution in [0.15, 0.2) is 54.6 Å². The predicted molar refractivity (Wildman–Crippen MR) is 80.7 cm³/mol. The number of rotatable bonds is 6. The second kappa shape index (κ2) is 6.36. The molecule has 0 aromatic heterocycles. The van der Waals surface area contributed by atoms with Gasteiger partial charge in [0.1, 0.15) is 0 Å². The maximum Gasteiger partial charge on any atom is 0.269 e. The number of nitro benzene ring substituents is 1. The van der Waals surface area contributed by atoms with Crippen molar-refractivity contribution in [3.63, 3.8) is 0 Å². The lowest BCUT2D eigenvalue weighted by Crippen LogP contribution is -2.18. The molecule has 110 valence electrons. The number of non-ortho nitro benzene ring substituents is 1. The highest BCUT2D eigenvalue weighted by molar-refractivity contribution is 7.92. The van der Waals surface area contributed by atoms with Gasteiger partial charge in [-0.3, -0.25) is 14.8 Å². The Hall–Kier alpha value is -2.41. The number of sulfonamides is 1. The fourth-order valence-electron chi connectivity index (χ4n) is 1.78. The minimum Gasteiger partial charge on any atom is -0.284 e. The number of anilines is 1. The van der Waals surface area contributed by atoms with Crippen LogP contribution in [-0.2, 0) is 16.4 Å². The Morgan fingerprint density at radius 2 is 1.62 bits per heavy atom. The van der Waals surface area contributed by atoms with E-state index in [0.717, 1.165) is 5.56 Å². The van der Waals surface area contributed by atoms with E-state index in [0.29, 0.717) is 12.1 Å². The van der Waals surface area contributed by atoms with Gasteiger partial charge < -0.3 is 0 Å². The number of aryl methyl sites for hydroxylation is 1. The lowest BCUT2D eigenvalue weighted by atomic mass is 10.2. The smallest absolute Gasteiger partial charge is 0.269 e. The van der Waals surface area contributed by atoms with Crippen LogP contribution in [0.2, 0.25) is 0 Å². The molecule has 0 unspecified atom stereocenters. The van der Waals surface area contributed by atoms with Gasteiger partial charge in [-0.25, -0.2) is 8.42 Å². The monoisotopic (exact) mass is 306 g/mol. The van der Waals surface area contributed by atoms with Crippen molar-refractivity contribution in [1.29, 1.82) is 0 Å². The van der Waals surface area contributed by atoms with Crippen molar-refractivity contribution in [3.05, 3.63) is 70.3 Å². The fraction of sp³-hybridized carbons (Fsp3) is 0.143. The van der Waals surface area contributed by atoms with Crippen LogP contribution >= 0.6 is 0 Å². The van der Waals surface area contributed by atoms with Crippen molar-refractivity contribution in [2.24, 2.45) is 0 Å². The molecule has 0 atom stereocenters. The van der Waals surface area contributed by atoms with Gasteiger partial charge in [0.15, 0.2) is 0 Å². The van der Waals surface area contributed by atoms with Gasteiger partial charge in [-0.2, -0.15) is 0 Å². The van der Waals surface area contributed by atoms with Crippen LogP contribution in [-0.4, -0.2) is 19.1 Å². The zero-order valence-electron chi connectivity index (χ0n) is 11.1. The topological polar surface area (TPSA) is 89.3 Å². The third-order valence-electron chi connectivity index (χ3n) is 2.85. The van der Waals surface area contributed by atoms with Crippen molar-refractivity contribution < 1.29 is 13.3 Å². The Morgan fingerprint density at radius 3 is 2.19 bits per heavy atom. The predicted octanol–water partition coefficient (Wildman–Crippen LogP) is 2.58. The molecule has 0 aliphatic carbocycles. The molecule has 6 nitrogen and oxygen atoms in total. The number of nitrogens with one attached hydrogen (secondary N) is 1. The molecular weight excluding hydrogens is 292 g/mol. The van der Waals surface area contributed by atoms with E-state index in [9.17, 15) is 18.5 Å². The minimum absolute atomic E-state index is 0.0476. The standard InChI is InChI=1S/C14H14N2O4S/c17-16(18)14-8-6-13(7-9-14)15-21(19,20)11-10-12-4-2-1-3-5-12/h1-9,15H,10-11H2. The molecule has 0 fully saturated rings. The molecular formula is C14H14N2O4S. The maximum atomic E-state index is 11.9. The summed E-state index contributed by atoms with van der Waals surface area (Å²) < 4.78 is 26.3. The number of hydrogen-bond acceptors (Lipinski definition) is 4. The fourth-order valence-corrected chi connectivity index (χ4v) is 2.88. The second-order valence-corrected chi connectivity index (χ2v) is 6.30. The molecule has 2 aromatic carbocycles. The first-order valence-corrected chi connectivity index (χ1v) is 7.90. The van der Waals surface area contributed by atoms with Crippen molar-refractivity contribution in [1.82, 2.24) is 0 Å². The van der Waals surface area contributed by atoms with Gasteiger partial charge in [0, 0.05) is 17.8 Å². The molecule has 0 saturated heterocycles. The zero-order chi connectivity index (χ0) is 15.3. The molecule has 21 heavy (non-hydrogen) atoms. The third-order valence-corrected chi connectivity index (χ3v) is 4.14. The summed E-state index contributed by atoms with van der Waals surface area (Å²) in [6, 6.07) is 14.6. The molecule has 7 heteroatoms. The van der Waals surface area contributed by atoms with Crippen LogP contribution in [0.3, 0.4) is 0 Å². The van der Waals surface area contributed by atoms with Gasteiger partial charge >= 0.3 is 0 Å². The summed E-state index contributed by atoms with van der Waals surface area (Å²) in [5.41, 5.74) is 1.17. The van der Waals surface area contributed by atoms with E-state index in [1.807, 2.05) is 30.3 Å². The van der Waals surface area contributed by atoms with Gasteiger partial charge in [0.05, 0.1) is 10.7 Å². The highest BCUT2D eigenvalue weighted by Crippen LogP contribution is 2.16. The van der Waals surface area contributed by atoms with E-state index in [4.69, 9.17) is 0 Å². The maximum absolute atomic E-state index is 11.9. The van der Waals surface area contributed by atoms with E-state index in [2.05, 4.69) is 4.72 Å². The summed E-state index contributed by atoms with van der Waals surface area (Å²) in [6.45, 7) is 0. The number of nitrogens with zero attached hydrogens (tertiary/aromatic N) is 1.